The standard InChI is InChI=1S/C15H15BrN2O2/c1-9(10-2-4-11(16)5-3-10)18-12-6-7-14(17)13(8-12)15(19)20/h2-9,18H,17H2,1H3,(H,19,20). The van der Waals surface area contributed by atoms with E-state index in [9.17, 15) is 4.79 Å². The quantitative estimate of drug-likeness (QED) is 0.741. The van der Waals surface area contributed by atoms with Gasteiger partial charge < -0.3 is 16.2 Å². The topological polar surface area (TPSA) is 75.3 Å². The van der Waals surface area contributed by atoms with E-state index in [0.717, 1.165) is 15.7 Å². The minimum atomic E-state index is -1.03. The summed E-state index contributed by atoms with van der Waals surface area (Å²) in [4.78, 5) is 11.1. The first-order valence-corrected chi connectivity index (χ1v) is 6.91. The van der Waals surface area contributed by atoms with Crippen molar-refractivity contribution in [2.45, 2.75) is 13.0 Å². The number of carboxylic acids is 1. The summed E-state index contributed by atoms with van der Waals surface area (Å²) >= 11 is 3.40. The molecule has 4 nitrogen and oxygen atoms in total. The number of carboxylic acid groups (broad SMARTS) is 1. The van der Waals surface area contributed by atoms with E-state index in [-0.39, 0.29) is 17.3 Å². The van der Waals surface area contributed by atoms with Crippen LogP contribution in [0.3, 0.4) is 0 Å². The van der Waals surface area contributed by atoms with Crippen molar-refractivity contribution < 1.29 is 9.90 Å². The zero-order valence-electron chi connectivity index (χ0n) is 10.9. The van der Waals surface area contributed by atoms with Gasteiger partial charge in [-0.25, -0.2) is 4.79 Å². The Bertz CT molecular complexity index is 626. The fourth-order valence-electron chi connectivity index (χ4n) is 1.92. The van der Waals surface area contributed by atoms with Gasteiger partial charge in [0.05, 0.1) is 5.56 Å². The van der Waals surface area contributed by atoms with Crippen LogP contribution in [-0.2, 0) is 0 Å². The van der Waals surface area contributed by atoms with E-state index in [0.29, 0.717) is 0 Å². The van der Waals surface area contributed by atoms with Gasteiger partial charge in [-0.15, -0.1) is 0 Å². The van der Waals surface area contributed by atoms with Gasteiger partial charge in [0.15, 0.2) is 0 Å². The van der Waals surface area contributed by atoms with Gasteiger partial charge in [0.2, 0.25) is 0 Å². The largest absolute Gasteiger partial charge is 0.478 e. The number of benzene rings is 2. The van der Waals surface area contributed by atoms with E-state index in [1.54, 1.807) is 18.2 Å². The zero-order chi connectivity index (χ0) is 14.7. The number of anilines is 2. The first-order chi connectivity index (χ1) is 9.47. The molecular weight excluding hydrogens is 320 g/mol. The summed E-state index contributed by atoms with van der Waals surface area (Å²) < 4.78 is 1.02. The van der Waals surface area contributed by atoms with E-state index in [4.69, 9.17) is 10.8 Å². The Balaban J connectivity index is 2.19. The van der Waals surface area contributed by atoms with Crippen LogP contribution in [0, 0.1) is 0 Å². The molecule has 0 spiro atoms. The van der Waals surface area contributed by atoms with Crippen LogP contribution in [0.15, 0.2) is 46.9 Å². The predicted molar refractivity (Wildman–Crippen MR) is 84.0 cm³/mol. The highest BCUT2D eigenvalue weighted by Crippen LogP contribution is 2.23. The summed E-state index contributed by atoms with van der Waals surface area (Å²) in [5.41, 5.74) is 7.85. The molecule has 4 N–H and O–H groups in total. The maximum atomic E-state index is 11.1. The summed E-state index contributed by atoms with van der Waals surface area (Å²) in [5.74, 6) is -1.03. The predicted octanol–water partition coefficient (Wildman–Crippen LogP) is 3.90. The van der Waals surface area contributed by atoms with E-state index in [1.165, 1.54) is 0 Å². The number of aromatic carboxylic acids is 1. The number of halogens is 1. The summed E-state index contributed by atoms with van der Waals surface area (Å²) in [5, 5.41) is 12.3. The van der Waals surface area contributed by atoms with Crippen LogP contribution in [0.4, 0.5) is 11.4 Å². The van der Waals surface area contributed by atoms with Crippen molar-refractivity contribution in [2.75, 3.05) is 11.1 Å². The fraction of sp³-hybridized carbons (Fsp3) is 0.133. The van der Waals surface area contributed by atoms with Gasteiger partial charge in [0, 0.05) is 21.9 Å². The summed E-state index contributed by atoms with van der Waals surface area (Å²) in [6, 6.07) is 12.9. The molecule has 0 fully saturated rings. The molecule has 2 aromatic rings. The lowest BCUT2D eigenvalue weighted by Crippen LogP contribution is -2.08. The first-order valence-electron chi connectivity index (χ1n) is 6.12. The van der Waals surface area contributed by atoms with Gasteiger partial charge in [-0.1, -0.05) is 28.1 Å². The second kappa shape index (κ2) is 5.96. The average molecular weight is 335 g/mol. The zero-order valence-corrected chi connectivity index (χ0v) is 12.5. The van der Waals surface area contributed by atoms with Crippen molar-refractivity contribution in [2.24, 2.45) is 0 Å². The Hall–Kier alpha value is -2.01. The molecule has 0 radical (unpaired) electrons. The molecular formula is C15H15BrN2O2. The fourth-order valence-corrected chi connectivity index (χ4v) is 2.18. The maximum Gasteiger partial charge on any atom is 0.337 e. The van der Waals surface area contributed by atoms with Crippen LogP contribution < -0.4 is 11.1 Å². The van der Waals surface area contributed by atoms with Crippen molar-refractivity contribution in [1.82, 2.24) is 0 Å². The summed E-state index contributed by atoms with van der Waals surface area (Å²) in [6.07, 6.45) is 0. The van der Waals surface area contributed by atoms with Crippen LogP contribution >= 0.6 is 15.9 Å². The third kappa shape index (κ3) is 3.30. The van der Waals surface area contributed by atoms with E-state index in [2.05, 4.69) is 21.2 Å². The molecule has 0 bridgehead atoms. The smallest absolute Gasteiger partial charge is 0.337 e. The molecule has 0 saturated heterocycles. The lowest BCUT2D eigenvalue weighted by atomic mass is 10.1. The van der Waals surface area contributed by atoms with Gasteiger partial charge in [0.1, 0.15) is 0 Å². The second-order valence-electron chi connectivity index (χ2n) is 4.52. The van der Waals surface area contributed by atoms with Gasteiger partial charge in [-0.2, -0.15) is 0 Å². The molecule has 2 rings (SSSR count). The monoisotopic (exact) mass is 334 g/mol. The highest BCUT2D eigenvalue weighted by Gasteiger charge is 2.10. The number of nitrogens with two attached hydrogens (primary N) is 1. The number of hydrogen-bond acceptors (Lipinski definition) is 3. The minimum Gasteiger partial charge on any atom is -0.478 e. The Morgan fingerprint density at radius 1 is 1.25 bits per heavy atom. The van der Waals surface area contributed by atoms with Crippen molar-refractivity contribution >= 4 is 33.3 Å². The molecule has 2 aromatic carbocycles. The molecule has 0 aliphatic heterocycles. The lowest BCUT2D eigenvalue weighted by molar-refractivity contribution is 0.0698. The molecule has 0 saturated carbocycles. The van der Waals surface area contributed by atoms with Crippen LogP contribution in [0.5, 0.6) is 0 Å². The maximum absolute atomic E-state index is 11.1. The number of nitrogens with one attached hydrogen (secondary N) is 1. The number of rotatable bonds is 4. The number of carbonyl (C=O) groups is 1. The van der Waals surface area contributed by atoms with Crippen molar-refractivity contribution in [1.29, 1.82) is 0 Å². The molecule has 104 valence electrons. The third-order valence-electron chi connectivity index (χ3n) is 3.04. The number of nitrogen functional groups attached to an aromatic ring is 1. The van der Waals surface area contributed by atoms with Gasteiger partial charge >= 0.3 is 5.97 Å². The van der Waals surface area contributed by atoms with Crippen LogP contribution in [0.2, 0.25) is 0 Å². The molecule has 20 heavy (non-hydrogen) atoms. The SMILES string of the molecule is CC(Nc1ccc(N)c(C(=O)O)c1)c1ccc(Br)cc1. The summed E-state index contributed by atoms with van der Waals surface area (Å²) in [7, 11) is 0. The van der Waals surface area contributed by atoms with Crippen molar-refractivity contribution in [3.8, 4) is 0 Å². The molecule has 1 unspecified atom stereocenters. The van der Waals surface area contributed by atoms with Crippen LogP contribution in [-0.4, -0.2) is 11.1 Å². The lowest BCUT2D eigenvalue weighted by Gasteiger charge is -2.16. The van der Waals surface area contributed by atoms with Crippen molar-refractivity contribution in [3.05, 3.63) is 58.1 Å². The van der Waals surface area contributed by atoms with Gasteiger partial charge in [-0.3, -0.25) is 0 Å². The average Bonchev–Trinajstić information content (AvgIpc) is 2.41. The van der Waals surface area contributed by atoms with E-state index >= 15 is 0 Å². The molecule has 1 atom stereocenters. The molecule has 5 heteroatoms. The molecule has 0 heterocycles. The van der Waals surface area contributed by atoms with E-state index in [1.807, 2.05) is 31.2 Å². The van der Waals surface area contributed by atoms with Gasteiger partial charge in [-0.05, 0) is 42.8 Å². The number of hydrogen-bond donors (Lipinski definition) is 3. The van der Waals surface area contributed by atoms with Crippen LogP contribution in [0.1, 0.15) is 28.9 Å². The minimum absolute atomic E-state index is 0.0633. The highest BCUT2D eigenvalue weighted by molar-refractivity contribution is 9.10. The first kappa shape index (κ1) is 14.4. The molecule has 0 aromatic heterocycles. The highest BCUT2D eigenvalue weighted by atomic mass is 79.9. The molecule has 0 aliphatic rings. The Kier molecular flexibility index (Phi) is 4.29. The van der Waals surface area contributed by atoms with Crippen LogP contribution in [0.25, 0.3) is 0 Å². The molecule has 0 aliphatic carbocycles. The Labute approximate surface area is 125 Å². The second-order valence-corrected chi connectivity index (χ2v) is 5.44. The van der Waals surface area contributed by atoms with Gasteiger partial charge in [0.25, 0.3) is 0 Å². The third-order valence-corrected chi connectivity index (χ3v) is 3.57. The molecule has 0 amide bonds. The summed E-state index contributed by atoms with van der Waals surface area (Å²) in [6.45, 7) is 2.01. The Morgan fingerprint density at radius 2 is 1.90 bits per heavy atom. The normalized spacial score (nSPS) is 11.9. The van der Waals surface area contributed by atoms with Crippen molar-refractivity contribution in [3.63, 3.8) is 0 Å². The Morgan fingerprint density at radius 3 is 2.50 bits per heavy atom. The van der Waals surface area contributed by atoms with E-state index < -0.39 is 5.97 Å².